The highest BCUT2D eigenvalue weighted by Gasteiger charge is 2.12. The van der Waals surface area contributed by atoms with Crippen LogP contribution in [0.5, 0.6) is 0 Å². The van der Waals surface area contributed by atoms with Crippen molar-refractivity contribution in [1.82, 2.24) is 10.2 Å². The number of rotatable bonds is 7. The van der Waals surface area contributed by atoms with E-state index < -0.39 is 0 Å². The molecule has 1 aromatic carbocycles. The van der Waals surface area contributed by atoms with E-state index in [4.69, 9.17) is 0 Å². The van der Waals surface area contributed by atoms with Gasteiger partial charge in [0.15, 0.2) is 0 Å². The van der Waals surface area contributed by atoms with E-state index in [-0.39, 0.29) is 5.54 Å². The van der Waals surface area contributed by atoms with Crippen molar-refractivity contribution in [2.75, 3.05) is 19.1 Å². The molecule has 1 atom stereocenters. The minimum Gasteiger partial charge on any atom is -0.308 e. The van der Waals surface area contributed by atoms with Crippen LogP contribution in [0.25, 0.3) is 0 Å². The van der Waals surface area contributed by atoms with Gasteiger partial charge in [0.05, 0.1) is 0 Å². The number of thioether (sulfide) groups is 1. The molecule has 2 nitrogen and oxygen atoms in total. The van der Waals surface area contributed by atoms with Crippen LogP contribution in [-0.4, -0.2) is 35.5 Å². The summed E-state index contributed by atoms with van der Waals surface area (Å²) in [6.45, 7) is 10.7. The zero-order chi connectivity index (χ0) is 16.0. The van der Waals surface area contributed by atoms with Crippen molar-refractivity contribution in [2.24, 2.45) is 0 Å². The Morgan fingerprint density at radius 3 is 2.52 bits per heavy atom. The van der Waals surface area contributed by atoms with Crippen LogP contribution in [0.2, 0.25) is 0 Å². The predicted octanol–water partition coefficient (Wildman–Crippen LogP) is 4.52. The quantitative estimate of drug-likeness (QED) is 0.757. The molecule has 21 heavy (non-hydrogen) atoms. The Hall–Kier alpha value is -0.0300. The van der Waals surface area contributed by atoms with Crippen molar-refractivity contribution in [3.05, 3.63) is 33.8 Å². The zero-order valence-corrected chi connectivity index (χ0v) is 16.6. The zero-order valence-electron chi connectivity index (χ0n) is 14.2. The molecule has 0 saturated heterocycles. The van der Waals surface area contributed by atoms with Gasteiger partial charge in [-0.05, 0) is 58.2 Å². The molecule has 0 fully saturated rings. The molecule has 1 N–H and O–H groups in total. The van der Waals surface area contributed by atoms with Crippen LogP contribution < -0.4 is 5.32 Å². The first kappa shape index (κ1) is 19.0. The highest BCUT2D eigenvalue weighted by Crippen LogP contribution is 2.21. The number of halogens is 1. The van der Waals surface area contributed by atoms with Crippen LogP contribution in [0.3, 0.4) is 0 Å². The van der Waals surface area contributed by atoms with Gasteiger partial charge in [0.25, 0.3) is 0 Å². The molecule has 0 heterocycles. The summed E-state index contributed by atoms with van der Waals surface area (Å²) in [6, 6.07) is 7.30. The minimum atomic E-state index is 0.151. The van der Waals surface area contributed by atoms with E-state index in [0.717, 1.165) is 13.1 Å². The highest BCUT2D eigenvalue weighted by molar-refractivity contribution is 9.10. The molecular weight excluding hydrogens is 344 g/mol. The monoisotopic (exact) mass is 372 g/mol. The lowest BCUT2D eigenvalue weighted by molar-refractivity contribution is 0.269. The van der Waals surface area contributed by atoms with Crippen molar-refractivity contribution in [1.29, 1.82) is 0 Å². The number of nitrogens with zero attached hydrogens (tertiary/aromatic N) is 1. The van der Waals surface area contributed by atoms with Crippen LogP contribution in [0.1, 0.15) is 38.8 Å². The molecule has 0 saturated carbocycles. The summed E-state index contributed by atoms with van der Waals surface area (Å²) < 4.78 is 1.21. The van der Waals surface area contributed by atoms with Gasteiger partial charge < -0.3 is 5.32 Å². The first-order valence-electron chi connectivity index (χ1n) is 7.44. The summed E-state index contributed by atoms with van der Waals surface area (Å²) in [4.78, 5) is 2.41. The molecule has 0 aliphatic heterocycles. The topological polar surface area (TPSA) is 15.3 Å². The summed E-state index contributed by atoms with van der Waals surface area (Å²) in [7, 11) is 2.20. The Kier molecular flexibility index (Phi) is 7.75. The SMILES string of the molecule is CSCC(C)N(C)Cc1ccc(CNC(C)(C)C)cc1Br. The summed E-state index contributed by atoms with van der Waals surface area (Å²) in [5.74, 6) is 1.17. The lowest BCUT2D eigenvalue weighted by atomic mass is 10.1. The van der Waals surface area contributed by atoms with E-state index in [2.05, 4.69) is 85.3 Å². The van der Waals surface area contributed by atoms with Gasteiger partial charge in [-0.25, -0.2) is 0 Å². The lowest BCUT2D eigenvalue weighted by Gasteiger charge is -2.25. The van der Waals surface area contributed by atoms with Gasteiger partial charge in [-0.3, -0.25) is 4.90 Å². The third kappa shape index (κ3) is 7.18. The molecule has 1 aromatic rings. The molecule has 0 radical (unpaired) electrons. The van der Waals surface area contributed by atoms with Crippen molar-refractivity contribution in [2.45, 2.75) is 52.4 Å². The van der Waals surface area contributed by atoms with Gasteiger partial charge in [-0.15, -0.1) is 0 Å². The number of hydrogen-bond donors (Lipinski definition) is 1. The summed E-state index contributed by atoms with van der Waals surface area (Å²) >= 11 is 5.63. The average molecular weight is 373 g/mol. The lowest BCUT2D eigenvalue weighted by Crippen LogP contribution is -2.35. The van der Waals surface area contributed by atoms with E-state index in [9.17, 15) is 0 Å². The van der Waals surface area contributed by atoms with Gasteiger partial charge >= 0.3 is 0 Å². The largest absolute Gasteiger partial charge is 0.308 e. The second kappa shape index (κ2) is 8.56. The maximum absolute atomic E-state index is 3.72. The molecule has 1 unspecified atom stereocenters. The van der Waals surface area contributed by atoms with Crippen LogP contribution >= 0.6 is 27.7 Å². The Labute approximate surface area is 143 Å². The van der Waals surface area contributed by atoms with Crippen molar-refractivity contribution in [3.63, 3.8) is 0 Å². The van der Waals surface area contributed by atoms with E-state index in [1.807, 2.05) is 11.8 Å². The molecule has 0 bridgehead atoms. The third-order valence-electron chi connectivity index (χ3n) is 3.52. The maximum Gasteiger partial charge on any atom is 0.0245 e. The third-order valence-corrected chi connectivity index (χ3v) is 5.07. The van der Waals surface area contributed by atoms with E-state index in [1.165, 1.54) is 21.4 Å². The van der Waals surface area contributed by atoms with Crippen LogP contribution in [0, 0.1) is 0 Å². The fraction of sp³-hybridized carbons (Fsp3) is 0.647. The van der Waals surface area contributed by atoms with Crippen molar-refractivity contribution < 1.29 is 0 Å². The Bertz CT molecular complexity index is 443. The molecule has 120 valence electrons. The number of benzene rings is 1. The van der Waals surface area contributed by atoms with E-state index in [1.54, 1.807) is 0 Å². The molecule has 0 amide bonds. The van der Waals surface area contributed by atoms with Gasteiger partial charge in [0.1, 0.15) is 0 Å². The molecule has 0 aliphatic rings. The molecule has 0 spiro atoms. The maximum atomic E-state index is 3.72. The second-order valence-electron chi connectivity index (χ2n) is 6.75. The Morgan fingerprint density at radius 2 is 2.00 bits per heavy atom. The van der Waals surface area contributed by atoms with Crippen LogP contribution in [0.15, 0.2) is 22.7 Å². The first-order chi connectivity index (χ1) is 9.73. The minimum absolute atomic E-state index is 0.151. The Morgan fingerprint density at radius 1 is 1.33 bits per heavy atom. The van der Waals surface area contributed by atoms with E-state index in [0.29, 0.717) is 6.04 Å². The molecule has 4 heteroatoms. The predicted molar refractivity (Wildman–Crippen MR) is 100 cm³/mol. The molecule has 0 aromatic heterocycles. The van der Waals surface area contributed by atoms with Crippen LogP contribution in [0.4, 0.5) is 0 Å². The van der Waals surface area contributed by atoms with E-state index >= 15 is 0 Å². The van der Waals surface area contributed by atoms with Gasteiger partial charge in [-0.1, -0.05) is 28.1 Å². The molecule has 1 rings (SSSR count). The highest BCUT2D eigenvalue weighted by atomic mass is 79.9. The molecular formula is C17H29BrN2S. The summed E-state index contributed by atoms with van der Waals surface area (Å²) in [5, 5.41) is 3.53. The Balaban J connectivity index is 2.66. The second-order valence-corrected chi connectivity index (χ2v) is 8.51. The average Bonchev–Trinajstić information content (AvgIpc) is 2.38. The fourth-order valence-electron chi connectivity index (χ4n) is 1.99. The molecule has 0 aliphatic carbocycles. The van der Waals surface area contributed by atoms with Crippen molar-refractivity contribution >= 4 is 27.7 Å². The van der Waals surface area contributed by atoms with Gasteiger partial charge in [0.2, 0.25) is 0 Å². The van der Waals surface area contributed by atoms with Gasteiger partial charge in [0, 0.05) is 34.9 Å². The summed E-state index contributed by atoms with van der Waals surface area (Å²) in [5.41, 5.74) is 2.82. The fourth-order valence-corrected chi connectivity index (χ4v) is 3.28. The number of nitrogens with one attached hydrogen (secondary N) is 1. The smallest absolute Gasteiger partial charge is 0.0245 e. The standard InChI is InChI=1S/C17H29BrN2S/c1-13(12-21-6)20(5)11-15-8-7-14(9-16(15)18)10-19-17(2,3)4/h7-9,13,19H,10-12H2,1-6H3. The number of hydrogen-bond acceptors (Lipinski definition) is 3. The normalized spacial score (nSPS) is 13.7. The summed E-state index contributed by atoms with van der Waals surface area (Å²) in [6.07, 6.45) is 2.16. The van der Waals surface area contributed by atoms with Crippen molar-refractivity contribution in [3.8, 4) is 0 Å². The first-order valence-corrected chi connectivity index (χ1v) is 9.63. The van der Waals surface area contributed by atoms with Crippen LogP contribution in [-0.2, 0) is 13.1 Å². The van der Waals surface area contributed by atoms with Gasteiger partial charge in [-0.2, -0.15) is 11.8 Å².